The average molecular weight is 216 g/mol. The third-order valence-electron chi connectivity index (χ3n) is 1.37. The number of nitrogens with two attached hydrogens (primary N) is 1. The summed E-state index contributed by atoms with van der Waals surface area (Å²) in [6.45, 7) is 1.84. The number of carboxylic acid groups (broad SMARTS) is 1. The van der Waals surface area contributed by atoms with Crippen molar-refractivity contribution in [3.8, 4) is 0 Å². The standard InChI is InChI=1S/C6H6ClN.C4H8O2/c7-5-3-1-2-4-6(5)8;1-2-3-4(5)6/h1-4H,8H2;2-3H2,1H3,(H,5,6). The summed E-state index contributed by atoms with van der Waals surface area (Å²) in [5.41, 5.74) is 6.02. The van der Waals surface area contributed by atoms with E-state index < -0.39 is 5.97 Å². The number of rotatable bonds is 2. The predicted molar refractivity (Wildman–Crippen MR) is 58.4 cm³/mol. The molecular weight excluding hydrogens is 202 g/mol. The lowest BCUT2D eigenvalue weighted by atomic mass is 10.3. The van der Waals surface area contributed by atoms with Gasteiger partial charge in [-0.25, -0.2) is 0 Å². The Morgan fingerprint density at radius 3 is 2.29 bits per heavy atom. The molecule has 14 heavy (non-hydrogen) atoms. The zero-order chi connectivity index (χ0) is 11.0. The number of carboxylic acids is 1. The molecule has 0 unspecified atom stereocenters. The molecule has 0 atom stereocenters. The van der Waals surface area contributed by atoms with Crippen molar-refractivity contribution >= 4 is 23.3 Å². The summed E-state index contributed by atoms with van der Waals surface area (Å²) in [7, 11) is 0. The molecular formula is C10H14ClNO2. The van der Waals surface area contributed by atoms with Crippen molar-refractivity contribution in [1.29, 1.82) is 0 Å². The lowest BCUT2D eigenvalue weighted by molar-refractivity contribution is -0.137. The number of para-hydroxylation sites is 1. The Labute approximate surface area is 88.5 Å². The van der Waals surface area contributed by atoms with Gasteiger partial charge in [0.1, 0.15) is 0 Å². The highest BCUT2D eigenvalue weighted by molar-refractivity contribution is 6.33. The maximum absolute atomic E-state index is 9.60. The van der Waals surface area contributed by atoms with Crippen molar-refractivity contribution < 1.29 is 9.90 Å². The third kappa shape index (κ3) is 6.31. The highest BCUT2D eigenvalue weighted by Gasteiger charge is 1.88. The summed E-state index contributed by atoms with van der Waals surface area (Å²) in [6.07, 6.45) is 1.02. The van der Waals surface area contributed by atoms with E-state index in [-0.39, 0.29) is 0 Å². The first-order valence-electron chi connectivity index (χ1n) is 4.29. The van der Waals surface area contributed by atoms with E-state index in [1.807, 2.05) is 19.1 Å². The summed E-state index contributed by atoms with van der Waals surface area (Å²) >= 11 is 5.58. The molecule has 0 heterocycles. The van der Waals surface area contributed by atoms with Gasteiger partial charge >= 0.3 is 5.97 Å². The molecule has 0 bridgehead atoms. The quantitative estimate of drug-likeness (QED) is 0.746. The van der Waals surface area contributed by atoms with E-state index in [4.69, 9.17) is 22.4 Å². The van der Waals surface area contributed by atoms with Crippen LogP contribution in [0.15, 0.2) is 24.3 Å². The molecule has 0 amide bonds. The summed E-state index contributed by atoms with van der Waals surface area (Å²) in [5, 5.41) is 8.53. The molecule has 1 aromatic rings. The number of benzene rings is 1. The van der Waals surface area contributed by atoms with Gasteiger partial charge in [-0.15, -0.1) is 0 Å². The molecule has 78 valence electrons. The maximum Gasteiger partial charge on any atom is 0.303 e. The first kappa shape index (κ1) is 12.8. The van der Waals surface area contributed by atoms with Gasteiger partial charge < -0.3 is 10.8 Å². The van der Waals surface area contributed by atoms with Crippen molar-refractivity contribution in [2.24, 2.45) is 0 Å². The number of anilines is 1. The number of hydrogen-bond acceptors (Lipinski definition) is 2. The molecule has 0 fully saturated rings. The Morgan fingerprint density at radius 1 is 1.50 bits per heavy atom. The number of nitrogen functional groups attached to an aromatic ring is 1. The van der Waals surface area contributed by atoms with Crippen LogP contribution in [-0.4, -0.2) is 11.1 Å². The van der Waals surface area contributed by atoms with E-state index in [1.165, 1.54) is 0 Å². The summed E-state index contributed by atoms with van der Waals surface area (Å²) in [4.78, 5) is 9.60. The van der Waals surface area contributed by atoms with Crippen molar-refractivity contribution in [2.75, 3.05) is 5.73 Å². The van der Waals surface area contributed by atoms with Gasteiger partial charge in [0.2, 0.25) is 0 Å². The summed E-state index contributed by atoms with van der Waals surface area (Å²) in [6, 6.07) is 7.22. The molecule has 0 aliphatic carbocycles. The molecule has 1 aromatic carbocycles. The number of aliphatic carboxylic acids is 1. The van der Waals surface area contributed by atoms with Gasteiger partial charge in [-0.05, 0) is 18.6 Å². The van der Waals surface area contributed by atoms with Gasteiger partial charge in [0, 0.05) is 6.42 Å². The van der Waals surface area contributed by atoms with E-state index in [0.29, 0.717) is 17.1 Å². The zero-order valence-corrected chi connectivity index (χ0v) is 8.79. The Morgan fingerprint density at radius 2 is 2.07 bits per heavy atom. The highest BCUT2D eigenvalue weighted by Crippen LogP contribution is 2.15. The van der Waals surface area contributed by atoms with E-state index in [2.05, 4.69) is 0 Å². The molecule has 0 saturated carbocycles. The predicted octanol–water partition coefficient (Wildman–Crippen LogP) is 2.79. The van der Waals surface area contributed by atoms with Crippen LogP contribution in [0.2, 0.25) is 5.02 Å². The van der Waals surface area contributed by atoms with Crippen LogP contribution in [0.1, 0.15) is 19.8 Å². The van der Waals surface area contributed by atoms with Crippen molar-refractivity contribution in [2.45, 2.75) is 19.8 Å². The number of carbonyl (C=O) groups is 1. The van der Waals surface area contributed by atoms with Crippen LogP contribution in [0.4, 0.5) is 5.69 Å². The molecule has 0 saturated heterocycles. The monoisotopic (exact) mass is 215 g/mol. The molecule has 3 nitrogen and oxygen atoms in total. The van der Waals surface area contributed by atoms with Crippen LogP contribution in [0, 0.1) is 0 Å². The van der Waals surface area contributed by atoms with Gasteiger partial charge in [-0.3, -0.25) is 4.79 Å². The van der Waals surface area contributed by atoms with E-state index in [9.17, 15) is 4.79 Å². The topological polar surface area (TPSA) is 63.3 Å². The van der Waals surface area contributed by atoms with Gasteiger partial charge in [-0.2, -0.15) is 0 Å². The van der Waals surface area contributed by atoms with E-state index in [0.717, 1.165) is 6.42 Å². The number of hydrogen-bond donors (Lipinski definition) is 2. The Hall–Kier alpha value is -1.22. The average Bonchev–Trinajstić information content (AvgIpc) is 2.11. The normalized spacial score (nSPS) is 8.71. The second kappa shape index (κ2) is 7.21. The molecule has 0 aliphatic heterocycles. The van der Waals surface area contributed by atoms with Crippen LogP contribution >= 0.6 is 11.6 Å². The number of halogens is 1. The molecule has 3 N–H and O–H groups in total. The summed E-state index contributed by atoms with van der Waals surface area (Å²) in [5.74, 6) is -0.711. The fourth-order valence-corrected chi connectivity index (χ4v) is 0.825. The molecule has 4 heteroatoms. The van der Waals surface area contributed by atoms with Crippen LogP contribution in [0.3, 0.4) is 0 Å². The molecule has 1 rings (SSSR count). The summed E-state index contributed by atoms with van der Waals surface area (Å²) < 4.78 is 0. The maximum atomic E-state index is 9.60. The minimum absolute atomic E-state index is 0.292. The largest absolute Gasteiger partial charge is 0.481 e. The second-order valence-corrected chi connectivity index (χ2v) is 3.07. The lowest BCUT2D eigenvalue weighted by Gasteiger charge is -1.91. The van der Waals surface area contributed by atoms with Crippen LogP contribution in [0.5, 0.6) is 0 Å². The second-order valence-electron chi connectivity index (χ2n) is 2.67. The van der Waals surface area contributed by atoms with Crippen molar-refractivity contribution in [3.63, 3.8) is 0 Å². The van der Waals surface area contributed by atoms with Crippen LogP contribution in [0.25, 0.3) is 0 Å². The Kier molecular flexibility index (Phi) is 6.58. The van der Waals surface area contributed by atoms with E-state index >= 15 is 0 Å². The minimum atomic E-state index is -0.711. The highest BCUT2D eigenvalue weighted by atomic mass is 35.5. The van der Waals surface area contributed by atoms with Crippen LogP contribution < -0.4 is 5.73 Å². The van der Waals surface area contributed by atoms with Crippen molar-refractivity contribution in [3.05, 3.63) is 29.3 Å². The van der Waals surface area contributed by atoms with Gasteiger partial charge in [0.05, 0.1) is 10.7 Å². The van der Waals surface area contributed by atoms with Crippen LogP contribution in [-0.2, 0) is 4.79 Å². The fraction of sp³-hybridized carbons (Fsp3) is 0.300. The zero-order valence-electron chi connectivity index (χ0n) is 8.03. The third-order valence-corrected chi connectivity index (χ3v) is 1.71. The minimum Gasteiger partial charge on any atom is -0.481 e. The van der Waals surface area contributed by atoms with Gasteiger partial charge in [-0.1, -0.05) is 30.7 Å². The molecule has 0 aliphatic rings. The van der Waals surface area contributed by atoms with Crippen molar-refractivity contribution in [1.82, 2.24) is 0 Å². The fourth-order valence-electron chi connectivity index (χ4n) is 0.689. The first-order valence-corrected chi connectivity index (χ1v) is 4.67. The van der Waals surface area contributed by atoms with Gasteiger partial charge in [0.25, 0.3) is 0 Å². The SMILES string of the molecule is CCCC(=O)O.Nc1ccccc1Cl. The Bertz CT molecular complexity index is 268. The molecule has 0 aromatic heterocycles. The van der Waals surface area contributed by atoms with Gasteiger partial charge in [0.15, 0.2) is 0 Å². The molecule has 0 spiro atoms. The smallest absolute Gasteiger partial charge is 0.303 e. The molecule has 0 radical (unpaired) electrons. The Balaban J connectivity index is 0.000000255. The lowest BCUT2D eigenvalue weighted by Crippen LogP contribution is -1.90. The first-order chi connectivity index (χ1) is 6.57. The van der Waals surface area contributed by atoms with E-state index in [1.54, 1.807) is 12.1 Å².